The summed E-state index contributed by atoms with van der Waals surface area (Å²) in [6.45, 7) is 5.92. The third kappa shape index (κ3) is 3.37. The fourth-order valence-electron chi connectivity index (χ4n) is 3.85. The fourth-order valence-corrected chi connectivity index (χ4v) is 3.85. The Hall–Kier alpha value is -3.22. The van der Waals surface area contributed by atoms with Gasteiger partial charge in [-0.2, -0.15) is 4.98 Å². The molecule has 2 fully saturated rings. The van der Waals surface area contributed by atoms with Crippen molar-refractivity contribution in [2.75, 3.05) is 18.4 Å². The highest BCUT2D eigenvalue weighted by Gasteiger charge is 2.37. The molecule has 1 saturated heterocycles. The largest absolute Gasteiger partial charge is 0.337 e. The van der Waals surface area contributed by atoms with Gasteiger partial charge in [-0.3, -0.25) is 14.9 Å². The summed E-state index contributed by atoms with van der Waals surface area (Å²) < 4.78 is 1.67. The summed E-state index contributed by atoms with van der Waals surface area (Å²) in [4.78, 5) is 31.0. The van der Waals surface area contributed by atoms with E-state index < -0.39 is 0 Å². The van der Waals surface area contributed by atoms with E-state index in [0.717, 1.165) is 37.1 Å². The van der Waals surface area contributed by atoms with E-state index in [-0.39, 0.29) is 23.1 Å². The summed E-state index contributed by atoms with van der Waals surface area (Å²) >= 11 is 0. The Kier molecular flexibility index (Phi) is 3.94. The number of anilines is 1. The molecule has 0 atom stereocenters. The van der Waals surface area contributed by atoms with Crippen LogP contribution in [-0.2, 0) is 4.79 Å². The lowest BCUT2D eigenvalue weighted by Gasteiger charge is -2.45. The Balaban J connectivity index is 1.39. The zero-order valence-corrected chi connectivity index (χ0v) is 16.6. The van der Waals surface area contributed by atoms with Crippen molar-refractivity contribution in [3.63, 3.8) is 0 Å². The van der Waals surface area contributed by atoms with Crippen LogP contribution in [0.25, 0.3) is 16.8 Å². The molecule has 1 N–H and O–H groups in total. The SMILES string of the molecule is CC1(C)CN(C(=O)c2ccc(-c3cccn4nc(NC(=O)C5CC5)nc34)cc2)C1. The van der Waals surface area contributed by atoms with Crippen molar-refractivity contribution >= 4 is 23.4 Å². The summed E-state index contributed by atoms with van der Waals surface area (Å²) in [5, 5.41) is 7.16. The Morgan fingerprint density at radius 3 is 2.48 bits per heavy atom. The van der Waals surface area contributed by atoms with Crippen molar-refractivity contribution < 1.29 is 9.59 Å². The number of pyridine rings is 1. The maximum absolute atomic E-state index is 12.6. The molecule has 5 rings (SSSR count). The Morgan fingerprint density at radius 2 is 1.83 bits per heavy atom. The first-order valence-electron chi connectivity index (χ1n) is 9.96. The second-order valence-electron chi connectivity index (χ2n) is 8.79. The number of hydrogen-bond acceptors (Lipinski definition) is 4. The first-order valence-corrected chi connectivity index (χ1v) is 9.96. The molecule has 0 radical (unpaired) electrons. The van der Waals surface area contributed by atoms with Gasteiger partial charge in [-0.15, -0.1) is 5.10 Å². The van der Waals surface area contributed by atoms with Crippen LogP contribution >= 0.6 is 0 Å². The first-order chi connectivity index (χ1) is 13.9. The van der Waals surface area contributed by atoms with Gasteiger partial charge in [0.1, 0.15) is 0 Å². The molecule has 2 amide bonds. The molecule has 1 aromatic carbocycles. The van der Waals surface area contributed by atoms with Gasteiger partial charge >= 0.3 is 0 Å². The Bertz CT molecular complexity index is 1100. The normalized spacial score (nSPS) is 17.8. The predicted molar refractivity (Wildman–Crippen MR) is 109 cm³/mol. The minimum atomic E-state index is -0.0144. The van der Waals surface area contributed by atoms with Gasteiger partial charge in [0.05, 0.1) is 0 Å². The summed E-state index contributed by atoms with van der Waals surface area (Å²) in [6, 6.07) is 11.4. The van der Waals surface area contributed by atoms with Crippen LogP contribution in [0.4, 0.5) is 5.95 Å². The van der Waals surface area contributed by atoms with Crippen LogP contribution in [0.2, 0.25) is 0 Å². The predicted octanol–water partition coefficient (Wildman–Crippen LogP) is 3.23. The quantitative estimate of drug-likeness (QED) is 0.743. The van der Waals surface area contributed by atoms with E-state index in [1.165, 1.54) is 0 Å². The van der Waals surface area contributed by atoms with Crippen molar-refractivity contribution in [3.05, 3.63) is 48.2 Å². The first kappa shape index (κ1) is 17.8. The lowest BCUT2D eigenvalue weighted by atomic mass is 9.84. The second kappa shape index (κ2) is 6.40. The molecule has 2 aromatic heterocycles. The van der Waals surface area contributed by atoms with E-state index in [1.54, 1.807) is 4.52 Å². The number of hydrogen-bond donors (Lipinski definition) is 1. The molecule has 1 aliphatic carbocycles. The fraction of sp³-hybridized carbons (Fsp3) is 0.364. The van der Waals surface area contributed by atoms with E-state index >= 15 is 0 Å². The van der Waals surface area contributed by atoms with Gasteiger partial charge in [-0.05, 0) is 48.1 Å². The van der Waals surface area contributed by atoms with Crippen molar-refractivity contribution in [2.24, 2.45) is 11.3 Å². The van der Waals surface area contributed by atoms with Gasteiger partial charge in [0.2, 0.25) is 11.9 Å². The molecule has 29 heavy (non-hydrogen) atoms. The van der Waals surface area contributed by atoms with Gasteiger partial charge in [-0.1, -0.05) is 26.0 Å². The third-order valence-electron chi connectivity index (χ3n) is 5.51. The molecule has 3 aromatic rings. The molecule has 0 unspecified atom stereocenters. The van der Waals surface area contributed by atoms with Gasteiger partial charge in [0, 0.05) is 36.3 Å². The van der Waals surface area contributed by atoms with Crippen LogP contribution in [0, 0.1) is 11.3 Å². The summed E-state index contributed by atoms with van der Waals surface area (Å²) in [7, 11) is 0. The van der Waals surface area contributed by atoms with Gasteiger partial charge in [0.25, 0.3) is 5.91 Å². The summed E-state index contributed by atoms with van der Waals surface area (Å²) in [5.74, 6) is 0.478. The molecular weight excluding hydrogens is 366 g/mol. The summed E-state index contributed by atoms with van der Waals surface area (Å²) in [6.07, 6.45) is 3.68. The average Bonchev–Trinajstić information content (AvgIpc) is 3.45. The number of carbonyl (C=O) groups is 2. The molecule has 3 heterocycles. The Labute approximate surface area is 168 Å². The number of rotatable bonds is 4. The lowest BCUT2D eigenvalue weighted by molar-refractivity contribution is -0.117. The van der Waals surface area contributed by atoms with E-state index in [2.05, 4.69) is 29.2 Å². The minimum absolute atomic E-state index is 0.0144. The molecule has 148 valence electrons. The highest BCUT2D eigenvalue weighted by Crippen LogP contribution is 2.31. The number of likely N-dealkylation sites (tertiary alicyclic amines) is 1. The zero-order chi connectivity index (χ0) is 20.2. The molecule has 0 bridgehead atoms. The maximum Gasteiger partial charge on any atom is 0.253 e. The number of nitrogens with one attached hydrogen (secondary N) is 1. The van der Waals surface area contributed by atoms with E-state index in [4.69, 9.17) is 0 Å². The number of nitrogens with zero attached hydrogens (tertiary/aromatic N) is 4. The second-order valence-corrected chi connectivity index (χ2v) is 8.79. The van der Waals surface area contributed by atoms with Crippen LogP contribution in [-0.4, -0.2) is 44.4 Å². The maximum atomic E-state index is 12.6. The standard InChI is InChI=1S/C22H23N5O2/c1-22(2)12-26(13-22)20(29)16-9-5-14(6-10-16)17-4-3-11-27-18(17)23-21(25-27)24-19(28)15-7-8-15/h3-6,9-11,15H,7-8,12-13H2,1-2H3,(H,24,25,28). The number of fused-ring (bicyclic) bond motifs is 1. The lowest BCUT2D eigenvalue weighted by Crippen LogP contribution is -2.55. The van der Waals surface area contributed by atoms with Crippen LogP contribution in [0.3, 0.4) is 0 Å². The van der Waals surface area contributed by atoms with Crippen molar-refractivity contribution in [1.82, 2.24) is 19.5 Å². The monoisotopic (exact) mass is 389 g/mol. The Morgan fingerprint density at radius 1 is 1.10 bits per heavy atom. The highest BCUT2D eigenvalue weighted by atomic mass is 16.2. The van der Waals surface area contributed by atoms with Gasteiger partial charge in [0.15, 0.2) is 5.65 Å². The summed E-state index contributed by atoms with van der Waals surface area (Å²) in [5.41, 5.74) is 3.42. The average molecular weight is 389 g/mol. The molecule has 1 saturated carbocycles. The van der Waals surface area contributed by atoms with Crippen LogP contribution < -0.4 is 5.32 Å². The highest BCUT2D eigenvalue weighted by molar-refractivity contribution is 5.96. The minimum Gasteiger partial charge on any atom is -0.337 e. The van der Waals surface area contributed by atoms with Gasteiger partial charge in [-0.25, -0.2) is 4.52 Å². The smallest absolute Gasteiger partial charge is 0.253 e. The number of aromatic nitrogens is 3. The number of benzene rings is 1. The van der Waals surface area contributed by atoms with E-state index in [1.807, 2.05) is 47.5 Å². The van der Waals surface area contributed by atoms with Crippen molar-refractivity contribution in [3.8, 4) is 11.1 Å². The molecule has 7 nitrogen and oxygen atoms in total. The number of amides is 2. The van der Waals surface area contributed by atoms with Crippen LogP contribution in [0.15, 0.2) is 42.6 Å². The molecule has 7 heteroatoms. The van der Waals surface area contributed by atoms with Crippen LogP contribution in [0.5, 0.6) is 0 Å². The molecule has 0 spiro atoms. The van der Waals surface area contributed by atoms with Gasteiger partial charge < -0.3 is 4.90 Å². The zero-order valence-electron chi connectivity index (χ0n) is 16.6. The topological polar surface area (TPSA) is 79.6 Å². The van der Waals surface area contributed by atoms with E-state index in [0.29, 0.717) is 17.2 Å². The van der Waals surface area contributed by atoms with Crippen LogP contribution in [0.1, 0.15) is 37.0 Å². The van der Waals surface area contributed by atoms with Crippen molar-refractivity contribution in [1.29, 1.82) is 0 Å². The number of carbonyl (C=O) groups excluding carboxylic acids is 2. The molecular formula is C22H23N5O2. The third-order valence-corrected chi connectivity index (χ3v) is 5.51. The molecule has 1 aliphatic heterocycles. The van der Waals surface area contributed by atoms with E-state index in [9.17, 15) is 9.59 Å². The van der Waals surface area contributed by atoms with Crippen molar-refractivity contribution in [2.45, 2.75) is 26.7 Å². The molecule has 2 aliphatic rings.